The van der Waals surface area contributed by atoms with E-state index in [2.05, 4.69) is 12.2 Å². The molecule has 4 heteroatoms. The second-order valence-electron chi connectivity index (χ2n) is 5.13. The normalized spacial score (nSPS) is 23.7. The fraction of sp³-hybridized carbons (Fsp3) is 0.500. The van der Waals surface area contributed by atoms with E-state index in [1.54, 1.807) is 6.07 Å². The maximum Gasteiger partial charge on any atom is 0.253 e. The number of benzene rings is 1. The number of hydrogen-bond donors (Lipinski definition) is 2. The molecule has 0 aromatic heterocycles. The van der Waals surface area contributed by atoms with E-state index in [9.17, 15) is 9.18 Å². The highest BCUT2D eigenvalue weighted by Crippen LogP contribution is 2.24. The maximum atomic E-state index is 13.3. The third-order valence-corrected chi connectivity index (χ3v) is 3.65. The van der Waals surface area contributed by atoms with Crippen molar-refractivity contribution in [3.05, 3.63) is 29.6 Å². The molecule has 1 fully saturated rings. The number of rotatable bonds is 2. The van der Waals surface area contributed by atoms with Crippen LogP contribution in [0, 0.1) is 11.7 Å². The Kier molecular flexibility index (Phi) is 3.84. The minimum absolute atomic E-state index is 0.0702. The van der Waals surface area contributed by atoms with Crippen LogP contribution in [0.3, 0.4) is 0 Å². The van der Waals surface area contributed by atoms with Crippen LogP contribution in [0.2, 0.25) is 0 Å². The van der Waals surface area contributed by atoms with Crippen molar-refractivity contribution in [1.29, 1.82) is 0 Å². The minimum Gasteiger partial charge on any atom is -0.396 e. The van der Waals surface area contributed by atoms with Crippen molar-refractivity contribution in [3.63, 3.8) is 0 Å². The van der Waals surface area contributed by atoms with E-state index in [-0.39, 0.29) is 23.2 Å². The van der Waals surface area contributed by atoms with Crippen LogP contribution in [0.25, 0.3) is 0 Å². The molecule has 0 spiro atoms. The predicted octanol–water partition coefficient (Wildman–Crippen LogP) is 2.72. The van der Waals surface area contributed by atoms with Crippen LogP contribution in [0.1, 0.15) is 43.0 Å². The smallest absolute Gasteiger partial charge is 0.253 e. The minimum atomic E-state index is -0.542. The van der Waals surface area contributed by atoms with Gasteiger partial charge in [-0.15, -0.1) is 0 Å². The van der Waals surface area contributed by atoms with E-state index >= 15 is 0 Å². The van der Waals surface area contributed by atoms with Crippen molar-refractivity contribution in [2.24, 2.45) is 5.92 Å². The van der Waals surface area contributed by atoms with Crippen molar-refractivity contribution in [2.75, 3.05) is 5.73 Å². The van der Waals surface area contributed by atoms with Crippen LogP contribution >= 0.6 is 0 Å². The van der Waals surface area contributed by atoms with E-state index < -0.39 is 5.82 Å². The van der Waals surface area contributed by atoms with Gasteiger partial charge in [0.15, 0.2) is 0 Å². The lowest BCUT2D eigenvalue weighted by Gasteiger charge is -2.27. The number of para-hydroxylation sites is 1. The van der Waals surface area contributed by atoms with Gasteiger partial charge in [0.05, 0.1) is 11.3 Å². The molecule has 3 N–H and O–H groups in total. The van der Waals surface area contributed by atoms with Gasteiger partial charge < -0.3 is 11.1 Å². The molecule has 0 atom stereocenters. The summed E-state index contributed by atoms with van der Waals surface area (Å²) in [7, 11) is 0. The van der Waals surface area contributed by atoms with Crippen LogP contribution in [0.4, 0.5) is 10.1 Å². The average molecular weight is 250 g/mol. The van der Waals surface area contributed by atoms with Crippen LogP contribution < -0.4 is 11.1 Å². The first-order valence-electron chi connectivity index (χ1n) is 6.42. The van der Waals surface area contributed by atoms with Crippen molar-refractivity contribution < 1.29 is 9.18 Å². The summed E-state index contributed by atoms with van der Waals surface area (Å²) in [5.74, 6) is -0.0798. The largest absolute Gasteiger partial charge is 0.396 e. The molecule has 1 aliphatic rings. The molecule has 1 amide bonds. The van der Waals surface area contributed by atoms with Gasteiger partial charge in [0.25, 0.3) is 5.91 Å². The first-order valence-corrected chi connectivity index (χ1v) is 6.42. The number of halogens is 1. The summed E-state index contributed by atoms with van der Waals surface area (Å²) < 4.78 is 13.3. The second kappa shape index (κ2) is 5.38. The number of amides is 1. The highest BCUT2D eigenvalue weighted by Gasteiger charge is 2.21. The molecule has 2 rings (SSSR count). The highest BCUT2D eigenvalue weighted by atomic mass is 19.1. The van der Waals surface area contributed by atoms with E-state index in [1.807, 2.05) is 0 Å². The summed E-state index contributed by atoms with van der Waals surface area (Å²) in [6, 6.07) is 4.51. The third kappa shape index (κ3) is 2.81. The van der Waals surface area contributed by atoms with Gasteiger partial charge in [-0.2, -0.15) is 0 Å². The lowest BCUT2D eigenvalue weighted by molar-refractivity contribution is 0.0923. The van der Waals surface area contributed by atoms with Crippen molar-refractivity contribution in [3.8, 4) is 0 Å². The molecule has 1 aromatic rings. The number of carbonyl (C=O) groups is 1. The van der Waals surface area contributed by atoms with E-state index in [0.29, 0.717) is 0 Å². The summed E-state index contributed by atoms with van der Waals surface area (Å²) in [6.45, 7) is 2.22. The molecule has 1 aliphatic carbocycles. The Morgan fingerprint density at radius 3 is 2.67 bits per heavy atom. The standard InChI is InChI=1S/C14H19FN2O/c1-9-5-7-10(8-6-9)17-14(18)11-3-2-4-12(15)13(11)16/h2-4,9-10H,5-8,16H2,1H3,(H,17,18). The van der Waals surface area contributed by atoms with Gasteiger partial charge in [-0.05, 0) is 43.7 Å². The molecule has 0 aliphatic heterocycles. The Morgan fingerprint density at radius 1 is 1.33 bits per heavy atom. The molecule has 1 saturated carbocycles. The Bertz CT molecular complexity index is 439. The molecular weight excluding hydrogens is 231 g/mol. The van der Waals surface area contributed by atoms with Crippen LogP contribution in [-0.2, 0) is 0 Å². The van der Waals surface area contributed by atoms with E-state index in [4.69, 9.17) is 5.73 Å². The molecule has 0 bridgehead atoms. The summed E-state index contributed by atoms with van der Waals surface area (Å²) >= 11 is 0. The second-order valence-corrected chi connectivity index (χ2v) is 5.13. The lowest BCUT2D eigenvalue weighted by atomic mass is 9.87. The van der Waals surface area contributed by atoms with Crippen LogP contribution in [0.15, 0.2) is 18.2 Å². The summed E-state index contributed by atoms with van der Waals surface area (Å²) in [5.41, 5.74) is 5.73. The van der Waals surface area contributed by atoms with Crippen molar-refractivity contribution in [1.82, 2.24) is 5.32 Å². The van der Waals surface area contributed by atoms with E-state index in [0.717, 1.165) is 31.6 Å². The first kappa shape index (κ1) is 12.9. The quantitative estimate of drug-likeness (QED) is 0.793. The molecule has 0 heterocycles. The molecule has 0 radical (unpaired) electrons. The molecule has 1 aromatic carbocycles. The molecular formula is C14H19FN2O. The van der Waals surface area contributed by atoms with Crippen LogP contribution in [0.5, 0.6) is 0 Å². The number of carbonyl (C=O) groups excluding carboxylic acids is 1. The molecule has 18 heavy (non-hydrogen) atoms. The maximum absolute atomic E-state index is 13.3. The number of hydrogen-bond acceptors (Lipinski definition) is 2. The fourth-order valence-electron chi connectivity index (χ4n) is 2.40. The highest BCUT2D eigenvalue weighted by molar-refractivity contribution is 5.99. The summed E-state index contributed by atoms with van der Waals surface area (Å²) in [4.78, 5) is 12.0. The number of anilines is 1. The molecule has 0 unspecified atom stereocenters. The Balaban J connectivity index is 2.01. The summed E-state index contributed by atoms with van der Waals surface area (Å²) in [5, 5.41) is 2.94. The summed E-state index contributed by atoms with van der Waals surface area (Å²) in [6.07, 6.45) is 4.23. The Morgan fingerprint density at radius 2 is 2.00 bits per heavy atom. The monoisotopic (exact) mass is 250 g/mol. The van der Waals surface area contributed by atoms with E-state index in [1.165, 1.54) is 12.1 Å². The molecule has 3 nitrogen and oxygen atoms in total. The van der Waals surface area contributed by atoms with Crippen LogP contribution in [-0.4, -0.2) is 11.9 Å². The fourth-order valence-corrected chi connectivity index (χ4v) is 2.40. The third-order valence-electron chi connectivity index (χ3n) is 3.65. The number of nitrogen functional groups attached to an aromatic ring is 1. The lowest BCUT2D eigenvalue weighted by Crippen LogP contribution is -2.37. The topological polar surface area (TPSA) is 55.1 Å². The molecule has 98 valence electrons. The molecule has 0 saturated heterocycles. The average Bonchev–Trinajstić information content (AvgIpc) is 2.35. The SMILES string of the molecule is CC1CCC(NC(=O)c2cccc(F)c2N)CC1. The first-order chi connectivity index (χ1) is 8.58. The predicted molar refractivity (Wildman–Crippen MR) is 69.7 cm³/mol. The van der Waals surface area contributed by atoms with Gasteiger partial charge in [0.1, 0.15) is 5.82 Å². The van der Waals surface area contributed by atoms with Gasteiger partial charge in [-0.1, -0.05) is 13.0 Å². The number of nitrogens with one attached hydrogen (secondary N) is 1. The Labute approximate surface area is 107 Å². The zero-order valence-corrected chi connectivity index (χ0v) is 10.6. The van der Waals surface area contributed by atoms with Gasteiger partial charge in [0.2, 0.25) is 0 Å². The number of nitrogens with two attached hydrogens (primary N) is 1. The van der Waals surface area contributed by atoms with Gasteiger partial charge in [0, 0.05) is 6.04 Å². The van der Waals surface area contributed by atoms with Crippen molar-refractivity contribution in [2.45, 2.75) is 38.6 Å². The van der Waals surface area contributed by atoms with Crippen molar-refractivity contribution >= 4 is 11.6 Å². The zero-order valence-electron chi connectivity index (χ0n) is 10.6. The van der Waals surface area contributed by atoms with Gasteiger partial charge in [-0.25, -0.2) is 4.39 Å². The van der Waals surface area contributed by atoms with Gasteiger partial charge in [-0.3, -0.25) is 4.79 Å². The van der Waals surface area contributed by atoms with Gasteiger partial charge >= 0.3 is 0 Å². The Hall–Kier alpha value is -1.58. The zero-order chi connectivity index (χ0) is 13.1.